The first kappa shape index (κ1) is 14.9. The van der Waals surface area contributed by atoms with Gasteiger partial charge in [0.2, 0.25) is 0 Å². The average Bonchev–Trinajstić information content (AvgIpc) is 2.38. The van der Waals surface area contributed by atoms with Crippen molar-refractivity contribution >= 4 is 15.9 Å². The number of halogens is 2. The highest BCUT2D eigenvalue weighted by atomic mass is 79.9. The number of nitrogens with zero attached hydrogens (tertiary/aromatic N) is 1. The summed E-state index contributed by atoms with van der Waals surface area (Å²) >= 11 is 3.30. The second kappa shape index (κ2) is 6.33. The third kappa shape index (κ3) is 3.36. The van der Waals surface area contributed by atoms with E-state index >= 15 is 0 Å². The highest BCUT2D eigenvalue weighted by molar-refractivity contribution is 9.10. The average molecular weight is 329 g/mol. The lowest BCUT2D eigenvalue weighted by Gasteiger charge is -2.41. The Balaban J connectivity index is 2.19. The lowest BCUT2D eigenvalue weighted by molar-refractivity contribution is 0.0797. The Labute approximate surface area is 123 Å². The Hall–Kier alpha value is -0.450. The zero-order valence-electron chi connectivity index (χ0n) is 11.6. The zero-order chi connectivity index (χ0) is 14.0. The molecule has 1 aliphatic heterocycles. The molecule has 19 heavy (non-hydrogen) atoms. The van der Waals surface area contributed by atoms with Crippen molar-refractivity contribution in [1.29, 1.82) is 0 Å². The van der Waals surface area contributed by atoms with Gasteiger partial charge in [-0.3, -0.25) is 4.90 Å². The van der Waals surface area contributed by atoms with E-state index in [1.807, 2.05) is 12.1 Å². The number of benzene rings is 1. The van der Waals surface area contributed by atoms with Crippen LogP contribution in [-0.2, 0) is 0 Å². The Bertz CT molecular complexity index is 438. The second-order valence-corrected chi connectivity index (χ2v) is 6.48. The van der Waals surface area contributed by atoms with Gasteiger partial charge in [-0.15, -0.1) is 0 Å². The van der Waals surface area contributed by atoms with Gasteiger partial charge >= 0.3 is 0 Å². The molecule has 1 aromatic carbocycles. The van der Waals surface area contributed by atoms with Crippen molar-refractivity contribution in [3.05, 3.63) is 34.1 Å². The number of rotatable bonds is 3. The van der Waals surface area contributed by atoms with E-state index in [-0.39, 0.29) is 11.9 Å². The third-order valence-electron chi connectivity index (χ3n) is 4.27. The second-order valence-electron chi connectivity index (χ2n) is 5.57. The van der Waals surface area contributed by atoms with Crippen molar-refractivity contribution in [1.82, 2.24) is 4.90 Å². The van der Waals surface area contributed by atoms with Gasteiger partial charge in [0.05, 0.1) is 0 Å². The van der Waals surface area contributed by atoms with Gasteiger partial charge in [0.15, 0.2) is 0 Å². The van der Waals surface area contributed by atoms with Crippen molar-refractivity contribution in [2.45, 2.75) is 38.8 Å². The molecule has 4 heteroatoms. The summed E-state index contributed by atoms with van der Waals surface area (Å²) in [5.74, 6) is 0.404. The van der Waals surface area contributed by atoms with Crippen molar-refractivity contribution in [2.24, 2.45) is 11.7 Å². The third-order valence-corrected chi connectivity index (χ3v) is 4.76. The van der Waals surface area contributed by atoms with Crippen molar-refractivity contribution < 1.29 is 4.39 Å². The topological polar surface area (TPSA) is 29.3 Å². The molecule has 106 valence electrons. The van der Waals surface area contributed by atoms with Crippen LogP contribution >= 0.6 is 15.9 Å². The molecule has 3 atom stereocenters. The van der Waals surface area contributed by atoms with Crippen molar-refractivity contribution in [3.63, 3.8) is 0 Å². The van der Waals surface area contributed by atoms with Gasteiger partial charge < -0.3 is 5.73 Å². The quantitative estimate of drug-likeness (QED) is 0.916. The maximum absolute atomic E-state index is 14.1. The fourth-order valence-corrected chi connectivity index (χ4v) is 3.30. The Morgan fingerprint density at radius 2 is 2.21 bits per heavy atom. The molecule has 1 aromatic rings. The highest BCUT2D eigenvalue weighted by Crippen LogP contribution is 2.32. The largest absolute Gasteiger partial charge is 0.330 e. The van der Waals surface area contributed by atoms with Crippen LogP contribution in [0.3, 0.4) is 0 Å². The predicted octanol–water partition coefficient (Wildman–Crippen LogP) is 3.71. The minimum atomic E-state index is -0.135. The van der Waals surface area contributed by atoms with E-state index in [1.165, 1.54) is 6.42 Å². The highest BCUT2D eigenvalue weighted by Gasteiger charge is 2.29. The molecular weight excluding hydrogens is 307 g/mol. The molecule has 0 bridgehead atoms. The molecule has 0 saturated carbocycles. The lowest BCUT2D eigenvalue weighted by atomic mass is 9.91. The standard InChI is InChI=1S/C15H22BrFN2/c1-10-3-4-12(8-18)9-19(10)11(2)14-6-5-13(16)7-15(14)17/h5-7,10-12H,3-4,8-9,18H2,1-2H3. The maximum Gasteiger partial charge on any atom is 0.129 e. The van der Waals surface area contributed by atoms with Crippen LogP contribution in [0.15, 0.2) is 22.7 Å². The van der Waals surface area contributed by atoms with Crippen LogP contribution in [0.4, 0.5) is 4.39 Å². The van der Waals surface area contributed by atoms with E-state index in [2.05, 4.69) is 34.7 Å². The molecule has 0 aromatic heterocycles. The summed E-state index contributed by atoms with van der Waals surface area (Å²) < 4.78 is 14.9. The van der Waals surface area contributed by atoms with E-state index < -0.39 is 0 Å². The molecule has 1 saturated heterocycles. The number of likely N-dealkylation sites (tertiary alicyclic amines) is 1. The van der Waals surface area contributed by atoms with E-state index in [0.29, 0.717) is 12.0 Å². The molecule has 2 rings (SSSR count). The molecule has 1 fully saturated rings. The minimum absolute atomic E-state index is 0.0949. The van der Waals surface area contributed by atoms with E-state index in [1.54, 1.807) is 6.07 Å². The minimum Gasteiger partial charge on any atom is -0.330 e. The van der Waals surface area contributed by atoms with Crippen LogP contribution in [0.2, 0.25) is 0 Å². The van der Waals surface area contributed by atoms with Crippen LogP contribution in [0, 0.1) is 11.7 Å². The van der Waals surface area contributed by atoms with Gasteiger partial charge in [0.25, 0.3) is 0 Å². The molecule has 1 heterocycles. The first-order valence-electron chi connectivity index (χ1n) is 6.93. The summed E-state index contributed by atoms with van der Waals surface area (Å²) in [6.07, 6.45) is 2.33. The predicted molar refractivity (Wildman–Crippen MR) is 80.5 cm³/mol. The summed E-state index contributed by atoms with van der Waals surface area (Å²) in [4.78, 5) is 2.38. The fraction of sp³-hybridized carbons (Fsp3) is 0.600. The first-order chi connectivity index (χ1) is 9.02. The number of hydrogen-bond donors (Lipinski definition) is 1. The van der Waals surface area contributed by atoms with Gasteiger partial charge in [0.1, 0.15) is 5.82 Å². The van der Waals surface area contributed by atoms with Crippen molar-refractivity contribution in [3.8, 4) is 0 Å². The van der Waals surface area contributed by atoms with E-state index in [9.17, 15) is 4.39 Å². The lowest BCUT2D eigenvalue weighted by Crippen LogP contribution is -2.45. The Kier molecular flexibility index (Phi) is 4.98. The number of nitrogens with two attached hydrogens (primary N) is 1. The molecule has 0 aliphatic carbocycles. The molecule has 3 unspecified atom stereocenters. The molecule has 0 spiro atoms. The van der Waals surface area contributed by atoms with Gasteiger partial charge in [-0.2, -0.15) is 0 Å². The number of piperidine rings is 1. The summed E-state index contributed by atoms with van der Waals surface area (Å²) in [6, 6.07) is 5.91. The van der Waals surface area contributed by atoms with E-state index in [4.69, 9.17) is 5.73 Å². The molecule has 2 nitrogen and oxygen atoms in total. The van der Waals surface area contributed by atoms with E-state index in [0.717, 1.165) is 29.5 Å². The maximum atomic E-state index is 14.1. The summed E-state index contributed by atoms with van der Waals surface area (Å²) in [7, 11) is 0. The number of hydrogen-bond acceptors (Lipinski definition) is 2. The van der Waals surface area contributed by atoms with Gasteiger partial charge in [0, 0.05) is 28.7 Å². The molecule has 0 radical (unpaired) electrons. The monoisotopic (exact) mass is 328 g/mol. The normalized spacial score (nSPS) is 26.4. The molecule has 0 amide bonds. The zero-order valence-corrected chi connectivity index (χ0v) is 13.2. The summed E-state index contributed by atoms with van der Waals surface area (Å²) in [5, 5.41) is 0. The first-order valence-corrected chi connectivity index (χ1v) is 7.73. The van der Waals surface area contributed by atoms with Crippen LogP contribution in [0.5, 0.6) is 0 Å². The van der Waals surface area contributed by atoms with Gasteiger partial charge in [-0.25, -0.2) is 4.39 Å². The Morgan fingerprint density at radius 3 is 2.84 bits per heavy atom. The van der Waals surface area contributed by atoms with Crippen LogP contribution < -0.4 is 5.73 Å². The van der Waals surface area contributed by atoms with Crippen LogP contribution in [-0.4, -0.2) is 24.0 Å². The Morgan fingerprint density at radius 1 is 1.47 bits per heavy atom. The van der Waals surface area contributed by atoms with Crippen LogP contribution in [0.1, 0.15) is 38.3 Å². The summed E-state index contributed by atoms with van der Waals surface area (Å²) in [5.41, 5.74) is 6.56. The van der Waals surface area contributed by atoms with Crippen molar-refractivity contribution in [2.75, 3.05) is 13.1 Å². The van der Waals surface area contributed by atoms with Gasteiger partial charge in [-0.05, 0) is 51.3 Å². The smallest absolute Gasteiger partial charge is 0.129 e. The molecule has 1 aliphatic rings. The SMILES string of the molecule is CC1CCC(CN)CN1C(C)c1ccc(Br)cc1F. The van der Waals surface area contributed by atoms with Crippen LogP contribution in [0.25, 0.3) is 0 Å². The van der Waals surface area contributed by atoms with Gasteiger partial charge in [-0.1, -0.05) is 22.0 Å². The fourth-order valence-electron chi connectivity index (χ4n) is 2.96. The molecular formula is C15H22BrFN2. The molecule has 2 N–H and O–H groups in total. The summed E-state index contributed by atoms with van der Waals surface area (Å²) in [6.45, 7) is 5.99.